The maximum Gasteiger partial charge on any atom is 0.163 e. The molecule has 0 bridgehead atoms. The molecule has 1 aromatic rings. The Kier molecular flexibility index (Phi) is 3.69. The Hall–Kier alpha value is -1.07. The lowest BCUT2D eigenvalue weighted by Gasteiger charge is -2.33. The second kappa shape index (κ2) is 5.06. The fourth-order valence-electron chi connectivity index (χ4n) is 2.15. The smallest absolute Gasteiger partial charge is 0.163 e. The SMILES string of the molecule is C[C@@H](c1cc(F)cc(F)c1F)N1CCNCC1. The van der Waals surface area contributed by atoms with Crippen LogP contribution >= 0.6 is 0 Å². The Morgan fingerprint density at radius 2 is 1.82 bits per heavy atom. The highest BCUT2D eigenvalue weighted by atomic mass is 19.2. The van der Waals surface area contributed by atoms with Crippen molar-refractivity contribution in [2.75, 3.05) is 26.2 Å². The van der Waals surface area contributed by atoms with Crippen LogP contribution in [0.2, 0.25) is 0 Å². The highest BCUT2D eigenvalue weighted by Gasteiger charge is 2.23. The van der Waals surface area contributed by atoms with Crippen molar-refractivity contribution in [3.63, 3.8) is 0 Å². The van der Waals surface area contributed by atoms with Gasteiger partial charge in [0.1, 0.15) is 5.82 Å². The van der Waals surface area contributed by atoms with E-state index in [0.29, 0.717) is 6.07 Å². The minimum Gasteiger partial charge on any atom is -0.314 e. The normalized spacial score (nSPS) is 19.3. The Bertz CT molecular complexity index is 403. The molecule has 94 valence electrons. The van der Waals surface area contributed by atoms with Crippen molar-refractivity contribution in [3.8, 4) is 0 Å². The van der Waals surface area contributed by atoms with Crippen molar-refractivity contribution >= 4 is 0 Å². The Morgan fingerprint density at radius 3 is 2.47 bits per heavy atom. The van der Waals surface area contributed by atoms with E-state index in [1.54, 1.807) is 6.92 Å². The van der Waals surface area contributed by atoms with Crippen LogP contribution in [-0.2, 0) is 0 Å². The molecule has 1 heterocycles. The monoisotopic (exact) mass is 244 g/mol. The average molecular weight is 244 g/mol. The van der Waals surface area contributed by atoms with Crippen molar-refractivity contribution < 1.29 is 13.2 Å². The van der Waals surface area contributed by atoms with Gasteiger partial charge in [-0.25, -0.2) is 13.2 Å². The van der Waals surface area contributed by atoms with Gasteiger partial charge in [0.05, 0.1) is 0 Å². The molecule has 0 radical (unpaired) electrons. The van der Waals surface area contributed by atoms with Crippen LogP contribution < -0.4 is 5.32 Å². The van der Waals surface area contributed by atoms with E-state index >= 15 is 0 Å². The fourth-order valence-corrected chi connectivity index (χ4v) is 2.15. The molecule has 0 saturated carbocycles. The lowest BCUT2D eigenvalue weighted by atomic mass is 10.0. The van der Waals surface area contributed by atoms with Gasteiger partial charge in [-0.2, -0.15) is 0 Å². The Balaban J connectivity index is 2.26. The van der Waals surface area contributed by atoms with Crippen LogP contribution in [0.15, 0.2) is 12.1 Å². The van der Waals surface area contributed by atoms with Crippen molar-refractivity contribution in [2.45, 2.75) is 13.0 Å². The maximum atomic E-state index is 13.6. The highest BCUT2D eigenvalue weighted by Crippen LogP contribution is 2.25. The Labute approximate surface area is 98.4 Å². The van der Waals surface area contributed by atoms with Crippen molar-refractivity contribution in [2.24, 2.45) is 0 Å². The fraction of sp³-hybridized carbons (Fsp3) is 0.500. The van der Waals surface area contributed by atoms with Crippen LogP contribution in [0.1, 0.15) is 18.5 Å². The maximum absolute atomic E-state index is 13.6. The van der Waals surface area contributed by atoms with E-state index in [1.807, 2.05) is 4.90 Å². The summed E-state index contributed by atoms with van der Waals surface area (Å²) in [6.07, 6.45) is 0. The van der Waals surface area contributed by atoms with Crippen LogP contribution in [-0.4, -0.2) is 31.1 Å². The van der Waals surface area contributed by atoms with Gasteiger partial charge in [0.25, 0.3) is 0 Å². The molecule has 17 heavy (non-hydrogen) atoms. The third-order valence-corrected chi connectivity index (χ3v) is 3.17. The number of halogens is 3. The van der Waals surface area contributed by atoms with Crippen LogP contribution in [0.3, 0.4) is 0 Å². The first-order valence-electron chi connectivity index (χ1n) is 5.69. The summed E-state index contributed by atoms with van der Waals surface area (Å²) in [6, 6.07) is 1.33. The van der Waals surface area contributed by atoms with E-state index in [0.717, 1.165) is 32.2 Å². The van der Waals surface area contributed by atoms with Crippen LogP contribution in [0, 0.1) is 17.5 Å². The summed E-state index contributed by atoms with van der Waals surface area (Å²) in [5, 5.41) is 3.17. The number of hydrogen-bond acceptors (Lipinski definition) is 2. The number of rotatable bonds is 2. The zero-order valence-electron chi connectivity index (χ0n) is 9.64. The van der Waals surface area contributed by atoms with Crippen LogP contribution in [0.25, 0.3) is 0 Å². The first kappa shape index (κ1) is 12.4. The van der Waals surface area contributed by atoms with Gasteiger partial charge in [-0.1, -0.05) is 0 Å². The lowest BCUT2D eigenvalue weighted by Crippen LogP contribution is -2.44. The molecule has 1 aliphatic heterocycles. The molecule has 0 aliphatic carbocycles. The van der Waals surface area contributed by atoms with Crippen molar-refractivity contribution in [1.29, 1.82) is 0 Å². The van der Waals surface area contributed by atoms with E-state index in [1.165, 1.54) is 0 Å². The van der Waals surface area contributed by atoms with Crippen LogP contribution in [0.4, 0.5) is 13.2 Å². The number of benzene rings is 1. The summed E-state index contributed by atoms with van der Waals surface area (Å²) >= 11 is 0. The molecule has 5 heteroatoms. The molecular weight excluding hydrogens is 229 g/mol. The summed E-state index contributed by atoms with van der Waals surface area (Å²) in [6.45, 7) is 4.88. The zero-order chi connectivity index (χ0) is 12.4. The second-order valence-corrected chi connectivity index (χ2v) is 4.25. The Morgan fingerprint density at radius 1 is 1.18 bits per heavy atom. The van der Waals surface area contributed by atoms with E-state index < -0.39 is 17.5 Å². The lowest BCUT2D eigenvalue weighted by molar-refractivity contribution is 0.181. The molecule has 1 fully saturated rings. The minimum absolute atomic E-state index is 0.0874. The average Bonchev–Trinajstić information content (AvgIpc) is 2.34. The molecule has 1 aromatic carbocycles. The predicted octanol–water partition coefficient (Wildman–Crippen LogP) is 2.07. The van der Waals surface area contributed by atoms with Gasteiger partial charge in [0, 0.05) is 43.9 Å². The largest absolute Gasteiger partial charge is 0.314 e. The molecule has 1 aliphatic rings. The summed E-state index contributed by atoms with van der Waals surface area (Å²) in [4.78, 5) is 2.01. The molecule has 2 rings (SSSR count). The van der Waals surface area contributed by atoms with Gasteiger partial charge in [-0.15, -0.1) is 0 Å². The van der Waals surface area contributed by atoms with E-state index in [4.69, 9.17) is 0 Å². The number of piperazine rings is 1. The van der Waals surface area contributed by atoms with E-state index in [2.05, 4.69) is 5.32 Å². The molecule has 0 unspecified atom stereocenters. The summed E-state index contributed by atoms with van der Waals surface area (Å²) in [5.41, 5.74) is 0.0874. The van der Waals surface area contributed by atoms with Crippen molar-refractivity contribution in [1.82, 2.24) is 10.2 Å². The summed E-state index contributed by atoms with van der Waals surface area (Å²) in [5.74, 6) is -2.81. The van der Waals surface area contributed by atoms with Crippen molar-refractivity contribution in [3.05, 3.63) is 35.1 Å². The summed E-state index contributed by atoms with van der Waals surface area (Å²) < 4.78 is 39.8. The third kappa shape index (κ3) is 2.61. The molecule has 1 atom stereocenters. The second-order valence-electron chi connectivity index (χ2n) is 4.25. The van der Waals surface area contributed by atoms with Crippen LogP contribution in [0.5, 0.6) is 0 Å². The molecule has 0 spiro atoms. The first-order valence-corrected chi connectivity index (χ1v) is 5.69. The standard InChI is InChI=1S/C12H15F3N2/c1-8(17-4-2-16-3-5-17)10-6-9(13)7-11(14)12(10)15/h6-8,16H,2-5H2,1H3/t8-/m0/s1. The van der Waals surface area contributed by atoms with E-state index in [-0.39, 0.29) is 11.6 Å². The van der Waals surface area contributed by atoms with Gasteiger partial charge in [-0.3, -0.25) is 4.90 Å². The van der Waals surface area contributed by atoms with Gasteiger partial charge in [-0.05, 0) is 13.0 Å². The first-order chi connectivity index (χ1) is 8.09. The predicted molar refractivity (Wildman–Crippen MR) is 59.2 cm³/mol. The quantitative estimate of drug-likeness (QED) is 0.801. The number of nitrogens with one attached hydrogen (secondary N) is 1. The minimum atomic E-state index is -1.12. The molecule has 1 N–H and O–H groups in total. The van der Waals surface area contributed by atoms with Gasteiger partial charge in [0.2, 0.25) is 0 Å². The molecule has 0 aromatic heterocycles. The number of hydrogen-bond donors (Lipinski definition) is 1. The molecular formula is C12H15F3N2. The highest BCUT2D eigenvalue weighted by molar-refractivity contribution is 5.23. The third-order valence-electron chi connectivity index (χ3n) is 3.17. The summed E-state index contributed by atoms with van der Waals surface area (Å²) in [7, 11) is 0. The molecule has 1 saturated heterocycles. The van der Waals surface area contributed by atoms with Gasteiger partial charge < -0.3 is 5.32 Å². The van der Waals surface area contributed by atoms with E-state index in [9.17, 15) is 13.2 Å². The van der Waals surface area contributed by atoms with Gasteiger partial charge in [0.15, 0.2) is 11.6 Å². The molecule has 0 amide bonds. The number of nitrogens with zero attached hydrogens (tertiary/aromatic N) is 1. The van der Waals surface area contributed by atoms with Gasteiger partial charge >= 0.3 is 0 Å². The zero-order valence-corrected chi connectivity index (χ0v) is 9.64. The molecule has 2 nitrogen and oxygen atoms in total. The topological polar surface area (TPSA) is 15.3 Å².